The van der Waals surface area contributed by atoms with Crippen molar-refractivity contribution in [3.8, 4) is 11.6 Å². The molecule has 1 aliphatic rings. The molecule has 0 spiro atoms. The van der Waals surface area contributed by atoms with Crippen LogP contribution in [0.5, 0.6) is 11.6 Å². The lowest BCUT2D eigenvalue weighted by Gasteiger charge is -2.33. The van der Waals surface area contributed by atoms with E-state index in [1.165, 1.54) is 0 Å². The van der Waals surface area contributed by atoms with Crippen LogP contribution in [0.15, 0.2) is 67.4 Å². The number of piperidine rings is 1. The SMILES string of the molecule is O=C(c1ccnc(Oc2ccccc2)c1)N1CCC[C@H](n2ccnc2)C1. The number of likely N-dealkylation sites (tertiary alicyclic amines) is 1. The van der Waals surface area contributed by atoms with Crippen molar-refractivity contribution in [2.24, 2.45) is 0 Å². The van der Waals surface area contributed by atoms with Gasteiger partial charge in [-0.1, -0.05) is 18.2 Å². The minimum atomic E-state index is 0.00938. The monoisotopic (exact) mass is 348 g/mol. The Bertz CT molecular complexity index is 865. The summed E-state index contributed by atoms with van der Waals surface area (Å²) in [4.78, 5) is 23.2. The van der Waals surface area contributed by atoms with Gasteiger partial charge in [-0.2, -0.15) is 0 Å². The Morgan fingerprint density at radius 1 is 1.15 bits per heavy atom. The van der Waals surface area contributed by atoms with E-state index in [0.717, 1.165) is 19.4 Å². The molecule has 0 unspecified atom stereocenters. The standard InChI is InChI=1S/C20H20N4O2/c25-20(23-11-4-5-17(14-23)24-12-10-21-15-24)16-8-9-22-19(13-16)26-18-6-2-1-3-7-18/h1-3,6-10,12-13,15,17H,4-5,11,14H2/t17-/m0/s1. The second kappa shape index (κ2) is 7.39. The zero-order valence-corrected chi connectivity index (χ0v) is 14.4. The van der Waals surface area contributed by atoms with E-state index in [4.69, 9.17) is 4.74 Å². The van der Waals surface area contributed by atoms with Crippen LogP contribution in [0.2, 0.25) is 0 Å². The number of rotatable bonds is 4. The van der Waals surface area contributed by atoms with Gasteiger partial charge in [0.05, 0.1) is 12.4 Å². The van der Waals surface area contributed by atoms with Crippen molar-refractivity contribution in [3.05, 3.63) is 72.9 Å². The predicted molar refractivity (Wildman–Crippen MR) is 97.2 cm³/mol. The minimum Gasteiger partial charge on any atom is -0.439 e. The number of hydrogen-bond acceptors (Lipinski definition) is 4. The van der Waals surface area contributed by atoms with Gasteiger partial charge in [-0.05, 0) is 31.0 Å². The Hall–Kier alpha value is -3.15. The van der Waals surface area contributed by atoms with E-state index in [0.29, 0.717) is 23.7 Å². The lowest BCUT2D eigenvalue weighted by atomic mass is 10.0. The van der Waals surface area contributed by atoms with Crippen LogP contribution >= 0.6 is 0 Å². The van der Waals surface area contributed by atoms with Crippen LogP contribution in [0.1, 0.15) is 29.2 Å². The van der Waals surface area contributed by atoms with E-state index < -0.39 is 0 Å². The number of imidazole rings is 1. The summed E-state index contributed by atoms with van der Waals surface area (Å²) < 4.78 is 7.82. The molecule has 1 fully saturated rings. The maximum absolute atomic E-state index is 12.9. The molecule has 1 saturated heterocycles. The average Bonchev–Trinajstić information content (AvgIpc) is 3.23. The van der Waals surface area contributed by atoms with Gasteiger partial charge in [0.15, 0.2) is 0 Å². The molecule has 0 aliphatic carbocycles. The number of carbonyl (C=O) groups is 1. The van der Waals surface area contributed by atoms with Crippen molar-refractivity contribution in [3.63, 3.8) is 0 Å². The number of para-hydroxylation sites is 1. The number of ether oxygens (including phenoxy) is 1. The maximum atomic E-state index is 12.9. The summed E-state index contributed by atoms with van der Waals surface area (Å²) in [7, 11) is 0. The molecule has 6 heteroatoms. The van der Waals surface area contributed by atoms with E-state index in [1.54, 1.807) is 24.5 Å². The van der Waals surface area contributed by atoms with Crippen LogP contribution in [-0.2, 0) is 0 Å². The van der Waals surface area contributed by atoms with Crippen molar-refractivity contribution < 1.29 is 9.53 Å². The zero-order chi connectivity index (χ0) is 17.8. The highest BCUT2D eigenvalue weighted by atomic mass is 16.5. The summed E-state index contributed by atoms with van der Waals surface area (Å²) >= 11 is 0. The van der Waals surface area contributed by atoms with Gasteiger partial charge in [0, 0.05) is 43.3 Å². The van der Waals surface area contributed by atoms with Crippen molar-refractivity contribution in [2.45, 2.75) is 18.9 Å². The van der Waals surface area contributed by atoms with Crippen molar-refractivity contribution in [1.82, 2.24) is 19.4 Å². The van der Waals surface area contributed by atoms with Gasteiger partial charge in [0.1, 0.15) is 5.75 Å². The van der Waals surface area contributed by atoms with Gasteiger partial charge < -0.3 is 14.2 Å². The maximum Gasteiger partial charge on any atom is 0.254 e. The largest absolute Gasteiger partial charge is 0.439 e. The minimum absolute atomic E-state index is 0.00938. The number of aromatic nitrogens is 3. The second-order valence-corrected chi connectivity index (χ2v) is 6.35. The molecule has 0 bridgehead atoms. The van der Waals surface area contributed by atoms with Gasteiger partial charge in [-0.25, -0.2) is 9.97 Å². The molecule has 3 heterocycles. The number of nitrogens with zero attached hydrogens (tertiary/aromatic N) is 4. The van der Waals surface area contributed by atoms with E-state index in [2.05, 4.69) is 14.5 Å². The Morgan fingerprint density at radius 2 is 2.04 bits per heavy atom. The lowest BCUT2D eigenvalue weighted by Crippen LogP contribution is -2.40. The predicted octanol–water partition coefficient (Wildman–Crippen LogP) is 3.55. The third kappa shape index (κ3) is 3.59. The van der Waals surface area contributed by atoms with E-state index in [-0.39, 0.29) is 11.9 Å². The first-order valence-corrected chi connectivity index (χ1v) is 8.75. The van der Waals surface area contributed by atoms with Crippen LogP contribution in [0.3, 0.4) is 0 Å². The summed E-state index contributed by atoms with van der Waals surface area (Å²) in [6.45, 7) is 1.45. The normalized spacial score (nSPS) is 17.1. The van der Waals surface area contributed by atoms with E-state index >= 15 is 0 Å². The molecule has 3 aromatic rings. The number of pyridine rings is 1. The van der Waals surface area contributed by atoms with Gasteiger partial charge >= 0.3 is 0 Å². The molecule has 0 radical (unpaired) electrons. The summed E-state index contributed by atoms with van der Waals surface area (Å²) in [6.07, 6.45) is 9.19. The van der Waals surface area contributed by atoms with Crippen molar-refractivity contribution in [1.29, 1.82) is 0 Å². The molecule has 1 amide bonds. The van der Waals surface area contributed by atoms with Crippen LogP contribution in [0.25, 0.3) is 0 Å². The van der Waals surface area contributed by atoms with E-state index in [1.807, 2.05) is 47.8 Å². The molecule has 4 rings (SSSR count). The Morgan fingerprint density at radius 3 is 2.85 bits per heavy atom. The number of benzene rings is 1. The molecule has 1 aliphatic heterocycles. The van der Waals surface area contributed by atoms with E-state index in [9.17, 15) is 4.79 Å². The second-order valence-electron chi connectivity index (χ2n) is 6.35. The van der Waals surface area contributed by atoms with Gasteiger partial charge in [-0.15, -0.1) is 0 Å². The molecule has 6 nitrogen and oxygen atoms in total. The molecule has 26 heavy (non-hydrogen) atoms. The van der Waals surface area contributed by atoms with Crippen LogP contribution < -0.4 is 4.74 Å². The number of hydrogen-bond donors (Lipinski definition) is 0. The first-order chi connectivity index (χ1) is 12.8. The summed E-state index contributed by atoms with van der Waals surface area (Å²) in [5.41, 5.74) is 0.595. The average molecular weight is 348 g/mol. The molecule has 2 aromatic heterocycles. The highest BCUT2D eigenvalue weighted by molar-refractivity contribution is 5.94. The summed E-state index contributed by atoms with van der Waals surface area (Å²) in [5, 5.41) is 0. The van der Waals surface area contributed by atoms with Gasteiger partial charge in [-0.3, -0.25) is 4.79 Å². The zero-order valence-electron chi connectivity index (χ0n) is 14.4. The summed E-state index contributed by atoms with van der Waals surface area (Å²) in [6, 6.07) is 13.2. The molecule has 1 atom stereocenters. The van der Waals surface area contributed by atoms with Crippen LogP contribution in [0, 0.1) is 0 Å². The fourth-order valence-electron chi connectivity index (χ4n) is 3.26. The first kappa shape index (κ1) is 16.3. The molecule has 132 valence electrons. The third-order valence-electron chi connectivity index (χ3n) is 4.58. The molecular weight excluding hydrogens is 328 g/mol. The number of carbonyl (C=O) groups excluding carboxylic acids is 1. The highest BCUT2D eigenvalue weighted by Gasteiger charge is 2.25. The first-order valence-electron chi connectivity index (χ1n) is 8.75. The topological polar surface area (TPSA) is 60.2 Å². The Balaban J connectivity index is 1.48. The molecule has 0 N–H and O–H groups in total. The van der Waals surface area contributed by atoms with Gasteiger partial charge in [0.25, 0.3) is 5.91 Å². The van der Waals surface area contributed by atoms with Gasteiger partial charge in [0.2, 0.25) is 5.88 Å². The Kier molecular flexibility index (Phi) is 4.64. The smallest absolute Gasteiger partial charge is 0.254 e. The number of amides is 1. The fraction of sp³-hybridized carbons (Fsp3) is 0.250. The molecule has 0 saturated carbocycles. The molecule has 1 aromatic carbocycles. The lowest BCUT2D eigenvalue weighted by molar-refractivity contribution is 0.0679. The van der Waals surface area contributed by atoms with Crippen molar-refractivity contribution >= 4 is 5.91 Å². The quantitative estimate of drug-likeness (QED) is 0.723. The van der Waals surface area contributed by atoms with Crippen LogP contribution in [-0.4, -0.2) is 38.4 Å². The van der Waals surface area contributed by atoms with Crippen molar-refractivity contribution in [2.75, 3.05) is 13.1 Å². The Labute approximate surface area is 152 Å². The molecular formula is C20H20N4O2. The van der Waals surface area contributed by atoms with Crippen LogP contribution in [0.4, 0.5) is 0 Å². The fourth-order valence-corrected chi connectivity index (χ4v) is 3.26. The third-order valence-corrected chi connectivity index (χ3v) is 4.58. The summed E-state index contributed by atoms with van der Waals surface area (Å²) in [5.74, 6) is 1.13. The highest BCUT2D eigenvalue weighted by Crippen LogP contribution is 2.24.